The first kappa shape index (κ1) is 16.4. The number of hydrogen-bond donors (Lipinski definition) is 1. The van der Waals surface area contributed by atoms with Crippen molar-refractivity contribution in [2.75, 3.05) is 53.1 Å². The first-order valence-corrected chi connectivity index (χ1v) is 7.95. The van der Waals surface area contributed by atoms with Crippen LogP contribution in [0.1, 0.15) is 24.1 Å². The zero-order chi connectivity index (χ0) is 14.9. The van der Waals surface area contributed by atoms with Crippen LogP contribution in [0.4, 0.5) is 0 Å². The molecule has 1 fully saturated rings. The minimum absolute atomic E-state index is 0.454. The molecule has 1 aliphatic rings. The van der Waals surface area contributed by atoms with Crippen LogP contribution in [0.25, 0.3) is 0 Å². The maximum absolute atomic E-state index is 5.61. The van der Waals surface area contributed by atoms with E-state index in [1.165, 1.54) is 11.1 Å². The molecular formula is C17H28N2O2. The van der Waals surface area contributed by atoms with Crippen molar-refractivity contribution < 1.29 is 9.47 Å². The molecule has 118 valence electrons. The molecule has 1 aromatic carbocycles. The van der Waals surface area contributed by atoms with Crippen molar-refractivity contribution in [3.05, 3.63) is 35.4 Å². The van der Waals surface area contributed by atoms with E-state index >= 15 is 0 Å². The van der Waals surface area contributed by atoms with E-state index in [1.54, 1.807) is 7.11 Å². The van der Waals surface area contributed by atoms with Crippen molar-refractivity contribution >= 4 is 0 Å². The van der Waals surface area contributed by atoms with E-state index in [9.17, 15) is 0 Å². The monoisotopic (exact) mass is 292 g/mol. The van der Waals surface area contributed by atoms with Crippen LogP contribution in [0.5, 0.6) is 0 Å². The van der Waals surface area contributed by atoms with Crippen LogP contribution in [0.15, 0.2) is 24.3 Å². The minimum atomic E-state index is 0.454. The number of nitrogens with one attached hydrogen (secondary N) is 1. The lowest BCUT2D eigenvalue weighted by Crippen LogP contribution is -2.47. The highest BCUT2D eigenvalue weighted by Gasteiger charge is 2.23. The van der Waals surface area contributed by atoms with E-state index in [1.807, 2.05) is 0 Å². The molecule has 1 atom stereocenters. The summed E-state index contributed by atoms with van der Waals surface area (Å²) >= 11 is 0. The lowest BCUT2D eigenvalue weighted by molar-refractivity contribution is 0.0448. The van der Waals surface area contributed by atoms with Crippen LogP contribution in [-0.2, 0) is 15.9 Å². The van der Waals surface area contributed by atoms with Gasteiger partial charge in [0.05, 0.1) is 19.8 Å². The summed E-state index contributed by atoms with van der Waals surface area (Å²) in [6, 6.07) is 9.49. The van der Waals surface area contributed by atoms with Gasteiger partial charge in [-0.2, -0.15) is 0 Å². The largest absolute Gasteiger partial charge is 0.382 e. The summed E-state index contributed by atoms with van der Waals surface area (Å²) in [5, 5.41) is 3.50. The highest BCUT2D eigenvalue weighted by Crippen LogP contribution is 2.22. The number of aryl methyl sites for hydroxylation is 1. The third-order valence-electron chi connectivity index (χ3n) is 4.08. The lowest BCUT2D eigenvalue weighted by Gasteiger charge is -2.36. The summed E-state index contributed by atoms with van der Waals surface area (Å²) in [4.78, 5) is 2.52. The fourth-order valence-electron chi connectivity index (χ4n) is 2.74. The molecule has 2 rings (SSSR count). The molecule has 0 aliphatic carbocycles. The molecule has 1 aliphatic heterocycles. The molecule has 0 radical (unpaired) electrons. The molecule has 1 N–H and O–H groups in total. The van der Waals surface area contributed by atoms with Gasteiger partial charge in [0.1, 0.15) is 0 Å². The van der Waals surface area contributed by atoms with E-state index in [2.05, 4.69) is 41.4 Å². The minimum Gasteiger partial charge on any atom is -0.382 e. The van der Waals surface area contributed by atoms with E-state index in [-0.39, 0.29) is 0 Å². The van der Waals surface area contributed by atoms with E-state index in [0.717, 1.165) is 39.2 Å². The van der Waals surface area contributed by atoms with Crippen molar-refractivity contribution in [3.8, 4) is 0 Å². The lowest BCUT2D eigenvalue weighted by atomic mass is 10.0. The van der Waals surface area contributed by atoms with Crippen molar-refractivity contribution in [2.45, 2.75) is 19.4 Å². The summed E-state index contributed by atoms with van der Waals surface area (Å²) in [7, 11) is 1.70. The van der Waals surface area contributed by atoms with Crippen LogP contribution in [-0.4, -0.2) is 58.0 Å². The van der Waals surface area contributed by atoms with Gasteiger partial charge in [0, 0.05) is 39.3 Å². The smallest absolute Gasteiger partial charge is 0.0700 e. The number of ether oxygens (including phenoxy) is 2. The van der Waals surface area contributed by atoms with Gasteiger partial charge in [0.2, 0.25) is 0 Å². The maximum atomic E-state index is 5.61. The van der Waals surface area contributed by atoms with Gasteiger partial charge in [-0.05, 0) is 17.5 Å². The molecule has 4 nitrogen and oxygen atoms in total. The number of nitrogens with zero attached hydrogens (tertiary/aromatic N) is 1. The SMILES string of the molecule is CCc1ccc(C2CNCCN2CCOCCOC)cc1. The fraction of sp³-hybridized carbons (Fsp3) is 0.647. The number of methoxy groups -OCH3 is 1. The predicted octanol–water partition coefficient (Wildman–Crippen LogP) is 1.86. The van der Waals surface area contributed by atoms with Crippen LogP contribution in [0.3, 0.4) is 0 Å². The highest BCUT2D eigenvalue weighted by atomic mass is 16.5. The Morgan fingerprint density at radius 1 is 1.19 bits per heavy atom. The molecule has 0 bridgehead atoms. The molecule has 21 heavy (non-hydrogen) atoms. The average Bonchev–Trinajstić information content (AvgIpc) is 2.55. The van der Waals surface area contributed by atoms with Gasteiger partial charge in [-0.3, -0.25) is 4.90 Å². The van der Waals surface area contributed by atoms with Gasteiger partial charge in [0.25, 0.3) is 0 Å². The highest BCUT2D eigenvalue weighted by molar-refractivity contribution is 5.25. The first-order valence-electron chi connectivity index (χ1n) is 7.95. The Labute approximate surface area is 128 Å². The van der Waals surface area contributed by atoms with Gasteiger partial charge >= 0.3 is 0 Å². The Morgan fingerprint density at radius 2 is 2.00 bits per heavy atom. The summed E-state index contributed by atoms with van der Waals surface area (Å²) < 4.78 is 10.6. The number of rotatable bonds is 8. The molecule has 1 heterocycles. The fourth-order valence-corrected chi connectivity index (χ4v) is 2.74. The van der Waals surface area contributed by atoms with Crippen LogP contribution >= 0.6 is 0 Å². The molecule has 4 heteroatoms. The van der Waals surface area contributed by atoms with E-state index < -0.39 is 0 Å². The summed E-state index contributed by atoms with van der Waals surface area (Å²) in [6.07, 6.45) is 1.10. The Kier molecular flexibility index (Phi) is 7.16. The standard InChI is InChI=1S/C17H28N2O2/c1-3-15-4-6-16(7-5-15)17-14-18-8-9-19(17)10-11-21-13-12-20-2/h4-7,17-18H,3,8-14H2,1-2H3. The second kappa shape index (κ2) is 9.15. The topological polar surface area (TPSA) is 33.7 Å². The van der Waals surface area contributed by atoms with E-state index in [0.29, 0.717) is 19.3 Å². The van der Waals surface area contributed by atoms with Crippen molar-refractivity contribution in [3.63, 3.8) is 0 Å². The third kappa shape index (κ3) is 5.08. The van der Waals surface area contributed by atoms with Crippen LogP contribution < -0.4 is 5.32 Å². The normalized spacial score (nSPS) is 19.8. The molecule has 1 unspecified atom stereocenters. The van der Waals surface area contributed by atoms with E-state index in [4.69, 9.17) is 9.47 Å². The van der Waals surface area contributed by atoms with Crippen molar-refractivity contribution in [1.82, 2.24) is 10.2 Å². The second-order valence-electron chi connectivity index (χ2n) is 5.46. The Bertz CT molecular complexity index is 394. The molecule has 0 saturated carbocycles. The average molecular weight is 292 g/mol. The Hall–Kier alpha value is -0.940. The number of benzene rings is 1. The number of piperazine rings is 1. The molecule has 0 aromatic heterocycles. The van der Waals surface area contributed by atoms with Gasteiger partial charge in [0.15, 0.2) is 0 Å². The zero-order valence-corrected chi connectivity index (χ0v) is 13.3. The summed E-state index contributed by atoms with van der Waals surface area (Å²) in [5.41, 5.74) is 2.80. The molecule has 0 amide bonds. The molecule has 1 aromatic rings. The third-order valence-corrected chi connectivity index (χ3v) is 4.08. The zero-order valence-electron chi connectivity index (χ0n) is 13.3. The molecule has 0 spiro atoms. The van der Waals surface area contributed by atoms with Crippen molar-refractivity contribution in [1.29, 1.82) is 0 Å². The van der Waals surface area contributed by atoms with Gasteiger partial charge in [-0.15, -0.1) is 0 Å². The number of hydrogen-bond acceptors (Lipinski definition) is 4. The summed E-state index contributed by atoms with van der Waals surface area (Å²) in [5.74, 6) is 0. The molecular weight excluding hydrogens is 264 g/mol. The van der Waals surface area contributed by atoms with Gasteiger partial charge in [-0.25, -0.2) is 0 Å². The second-order valence-corrected chi connectivity index (χ2v) is 5.46. The Morgan fingerprint density at radius 3 is 2.71 bits per heavy atom. The van der Waals surface area contributed by atoms with Gasteiger partial charge in [-0.1, -0.05) is 31.2 Å². The van der Waals surface area contributed by atoms with Crippen LogP contribution in [0.2, 0.25) is 0 Å². The predicted molar refractivity (Wildman–Crippen MR) is 85.7 cm³/mol. The quantitative estimate of drug-likeness (QED) is 0.742. The summed E-state index contributed by atoms with van der Waals surface area (Å²) in [6.45, 7) is 8.44. The van der Waals surface area contributed by atoms with Crippen molar-refractivity contribution in [2.24, 2.45) is 0 Å². The van der Waals surface area contributed by atoms with Crippen LogP contribution in [0, 0.1) is 0 Å². The maximum Gasteiger partial charge on any atom is 0.0700 e. The molecule has 1 saturated heterocycles. The van der Waals surface area contributed by atoms with Gasteiger partial charge < -0.3 is 14.8 Å². The Balaban J connectivity index is 1.88. The first-order chi connectivity index (χ1) is 10.3.